The molecule has 1 aromatic rings. The Balaban J connectivity index is 0.00000400. The van der Waals surface area contributed by atoms with Gasteiger partial charge in [-0.2, -0.15) is 0 Å². The molecule has 0 amide bonds. The van der Waals surface area contributed by atoms with Crippen LogP contribution in [0.3, 0.4) is 0 Å². The largest absolute Gasteiger partial charge is 0.491 e. The highest BCUT2D eigenvalue weighted by Gasteiger charge is 2.15. The van der Waals surface area contributed by atoms with Gasteiger partial charge in [0.25, 0.3) is 0 Å². The Morgan fingerprint density at radius 1 is 1.24 bits per heavy atom. The van der Waals surface area contributed by atoms with E-state index in [9.17, 15) is 8.42 Å². The summed E-state index contributed by atoms with van der Waals surface area (Å²) in [6, 6.07) is 4.90. The van der Waals surface area contributed by atoms with E-state index in [0.717, 1.165) is 12.1 Å². The maximum absolute atomic E-state index is 12.1. The van der Waals surface area contributed by atoms with Gasteiger partial charge in [0.05, 0.1) is 11.0 Å². The first-order valence-corrected chi connectivity index (χ1v) is 8.33. The van der Waals surface area contributed by atoms with Gasteiger partial charge in [0.15, 0.2) is 0 Å². The zero-order chi connectivity index (χ0) is 15.2. The third-order valence-electron chi connectivity index (χ3n) is 2.66. The van der Waals surface area contributed by atoms with Gasteiger partial charge in [-0.1, -0.05) is 6.92 Å². The highest BCUT2D eigenvalue weighted by atomic mass is 35.5. The fourth-order valence-electron chi connectivity index (χ4n) is 1.71. The van der Waals surface area contributed by atoms with Crippen LogP contribution in [-0.4, -0.2) is 34.2 Å². The molecule has 0 saturated heterocycles. The summed E-state index contributed by atoms with van der Waals surface area (Å²) >= 11 is 0. The highest BCUT2D eigenvalue weighted by molar-refractivity contribution is 7.89. The molecule has 1 rings (SSSR count). The number of halogens is 1. The lowest BCUT2D eigenvalue weighted by molar-refractivity contribution is 0.240. The van der Waals surface area contributed by atoms with Crippen molar-refractivity contribution < 1.29 is 13.2 Å². The van der Waals surface area contributed by atoms with Crippen molar-refractivity contribution in [3.63, 3.8) is 0 Å². The van der Waals surface area contributed by atoms with Gasteiger partial charge in [0.2, 0.25) is 10.0 Å². The van der Waals surface area contributed by atoms with Crippen molar-refractivity contribution in [3.05, 3.63) is 23.8 Å². The fraction of sp³-hybridized carbons (Fsp3) is 0.571. The van der Waals surface area contributed by atoms with E-state index in [-0.39, 0.29) is 23.4 Å². The van der Waals surface area contributed by atoms with Crippen LogP contribution in [0.5, 0.6) is 5.75 Å². The quantitative estimate of drug-likeness (QED) is 0.713. The second-order valence-corrected chi connectivity index (χ2v) is 6.61. The average Bonchev–Trinajstić information content (AvgIpc) is 2.36. The van der Waals surface area contributed by atoms with Gasteiger partial charge >= 0.3 is 0 Å². The van der Waals surface area contributed by atoms with E-state index in [2.05, 4.69) is 10.0 Å². The first-order chi connectivity index (χ1) is 9.36. The van der Waals surface area contributed by atoms with Gasteiger partial charge in [-0.05, 0) is 51.1 Å². The second kappa shape index (κ2) is 9.25. The Bertz CT molecular complexity index is 533. The SMILES string of the molecule is CCNCCNS(=O)(=O)c1ccc(OC(C)C)c(C)c1.Cl. The predicted octanol–water partition coefficient (Wildman–Crippen LogP) is 2.09. The van der Waals surface area contributed by atoms with E-state index in [1.807, 2.05) is 27.7 Å². The molecule has 0 heterocycles. The Kier molecular flexibility index (Phi) is 8.89. The minimum atomic E-state index is -3.45. The lowest BCUT2D eigenvalue weighted by Crippen LogP contribution is -2.31. The predicted molar refractivity (Wildman–Crippen MR) is 87.9 cm³/mol. The molecule has 0 atom stereocenters. The van der Waals surface area contributed by atoms with Gasteiger partial charge in [-0.25, -0.2) is 13.1 Å². The van der Waals surface area contributed by atoms with E-state index >= 15 is 0 Å². The van der Waals surface area contributed by atoms with Crippen LogP contribution >= 0.6 is 12.4 Å². The van der Waals surface area contributed by atoms with Crippen molar-refractivity contribution in [1.29, 1.82) is 0 Å². The number of ether oxygens (including phenoxy) is 1. The summed E-state index contributed by atoms with van der Waals surface area (Å²) in [7, 11) is -3.45. The Morgan fingerprint density at radius 2 is 1.90 bits per heavy atom. The molecular weight excluding hydrogens is 312 g/mol. The Morgan fingerprint density at radius 3 is 2.43 bits per heavy atom. The van der Waals surface area contributed by atoms with Crippen LogP contribution in [0, 0.1) is 6.92 Å². The van der Waals surface area contributed by atoms with Gasteiger partial charge in [0.1, 0.15) is 5.75 Å². The molecule has 0 radical (unpaired) electrons. The molecule has 0 aliphatic heterocycles. The minimum absolute atomic E-state index is 0. The van der Waals surface area contributed by atoms with Gasteiger partial charge in [-0.15, -0.1) is 12.4 Å². The van der Waals surface area contributed by atoms with Gasteiger partial charge in [0, 0.05) is 13.1 Å². The number of hydrogen-bond donors (Lipinski definition) is 2. The van der Waals surface area contributed by atoms with Crippen LogP contribution in [0.2, 0.25) is 0 Å². The van der Waals surface area contributed by atoms with Crippen molar-refractivity contribution in [3.8, 4) is 5.75 Å². The smallest absolute Gasteiger partial charge is 0.240 e. The van der Waals surface area contributed by atoms with Gasteiger partial charge in [-0.3, -0.25) is 0 Å². The fourth-order valence-corrected chi connectivity index (χ4v) is 2.83. The normalized spacial score (nSPS) is 11.3. The molecule has 7 heteroatoms. The van der Waals surface area contributed by atoms with E-state index in [1.54, 1.807) is 18.2 Å². The summed E-state index contributed by atoms with van der Waals surface area (Å²) in [4.78, 5) is 0.266. The molecule has 0 aliphatic rings. The maximum Gasteiger partial charge on any atom is 0.240 e. The molecule has 0 unspecified atom stereocenters. The van der Waals surface area contributed by atoms with Crippen LogP contribution < -0.4 is 14.8 Å². The number of nitrogens with one attached hydrogen (secondary N) is 2. The number of rotatable bonds is 8. The maximum atomic E-state index is 12.1. The number of aryl methyl sites for hydroxylation is 1. The summed E-state index contributed by atoms with van der Waals surface area (Å²) < 4.78 is 32.4. The monoisotopic (exact) mass is 336 g/mol. The molecule has 0 aliphatic carbocycles. The molecule has 0 fully saturated rings. The van der Waals surface area contributed by atoms with E-state index in [4.69, 9.17) is 4.74 Å². The van der Waals surface area contributed by atoms with E-state index in [1.165, 1.54) is 0 Å². The number of sulfonamides is 1. The lowest BCUT2D eigenvalue weighted by Gasteiger charge is -2.14. The standard InChI is InChI=1S/C14H24N2O3S.ClH/c1-5-15-8-9-16-20(17,18)13-6-7-14(12(4)10-13)19-11(2)3;/h6-7,10-11,15-16H,5,8-9H2,1-4H3;1H. The Hall–Kier alpha value is -0.820. The van der Waals surface area contributed by atoms with Crippen LogP contribution in [0.15, 0.2) is 23.1 Å². The summed E-state index contributed by atoms with van der Waals surface area (Å²) in [5, 5.41) is 3.07. The molecule has 0 saturated carbocycles. The summed E-state index contributed by atoms with van der Waals surface area (Å²) in [6.45, 7) is 9.50. The van der Waals surface area contributed by atoms with Crippen molar-refractivity contribution in [2.24, 2.45) is 0 Å². The molecule has 0 bridgehead atoms. The molecule has 5 nitrogen and oxygen atoms in total. The van der Waals surface area contributed by atoms with Crippen LogP contribution in [0.1, 0.15) is 26.3 Å². The van der Waals surface area contributed by atoms with E-state index in [0.29, 0.717) is 18.8 Å². The number of hydrogen-bond acceptors (Lipinski definition) is 4. The second-order valence-electron chi connectivity index (χ2n) is 4.85. The lowest BCUT2D eigenvalue weighted by atomic mass is 10.2. The zero-order valence-corrected chi connectivity index (χ0v) is 14.6. The van der Waals surface area contributed by atoms with Crippen molar-refractivity contribution in [1.82, 2.24) is 10.0 Å². The first kappa shape index (κ1) is 20.2. The molecular formula is C14H25ClN2O3S. The van der Waals surface area contributed by atoms with Crippen molar-refractivity contribution >= 4 is 22.4 Å². The Labute approximate surface area is 133 Å². The van der Waals surface area contributed by atoms with Crippen molar-refractivity contribution in [2.75, 3.05) is 19.6 Å². The summed E-state index contributed by atoms with van der Waals surface area (Å²) in [6.07, 6.45) is 0.0643. The molecule has 21 heavy (non-hydrogen) atoms. The third kappa shape index (κ3) is 6.65. The van der Waals surface area contributed by atoms with Crippen LogP contribution in [0.25, 0.3) is 0 Å². The molecule has 0 spiro atoms. The first-order valence-electron chi connectivity index (χ1n) is 6.84. The van der Waals surface area contributed by atoms with Crippen molar-refractivity contribution in [2.45, 2.75) is 38.7 Å². The van der Waals surface area contributed by atoms with E-state index < -0.39 is 10.0 Å². The zero-order valence-electron chi connectivity index (χ0n) is 13.0. The third-order valence-corrected chi connectivity index (χ3v) is 4.12. The van der Waals surface area contributed by atoms with Crippen LogP contribution in [-0.2, 0) is 10.0 Å². The summed E-state index contributed by atoms with van der Waals surface area (Å²) in [5.74, 6) is 0.714. The van der Waals surface area contributed by atoms with Crippen LogP contribution in [0.4, 0.5) is 0 Å². The molecule has 2 N–H and O–H groups in total. The van der Waals surface area contributed by atoms with Gasteiger partial charge < -0.3 is 10.1 Å². The minimum Gasteiger partial charge on any atom is -0.491 e. The molecule has 0 aromatic heterocycles. The summed E-state index contributed by atoms with van der Waals surface area (Å²) in [5.41, 5.74) is 0.813. The highest BCUT2D eigenvalue weighted by Crippen LogP contribution is 2.22. The molecule has 122 valence electrons. The molecule has 1 aromatic carbocycles. The number of likely N-dealkylation sites (N-methyl/N-ethyl adjacent to an activating group) is 1. The topological polar surface area (TPSA) is 67.4 Å². The average molecular weight is 337 g/mol. The number of benzene rings is 1.